The molecule has 0 aliphatic carbocycles. The van der Waals surface area contributed by atoms with Crippen molar-refractivity contribution in [2.75, 3.05) is 7.11 Å². The molecule has 2 atom stereocenters. The van der Waals surface area contributed by atoms with Crippen LogP contribution in [0, 0.1) is 5.92 Å². The summed E-state index contributed by atoms with van der Waals surface area (Å²) in [4.78, 5) is 15.0. The summed E-state index contributed by atoms with van der Waals surface area (Å²) in [5, 5.41) is 9.84. The lowest BCUT2D eigenvalue weighted by Gasteiger charge is -2.14. The number of rotatable bonds is 4. The number of esters is 1. The number of imidazole rings is 1. The highest BCUT2D eigenvalue weighted by Crippen LogP contribution is 2.20. The van der Waals surface area contributed by atoms with E-state index in [0.717, 1.165) is 0 Å². The van der Waals surface area contributed by atoms with Gasteiger partial charge in [0.1, 0.15) is 0 Å². The Balaban J connectivity index is 2.60. The smallest absolute Gasteiger partial charge is 0.308 e. The summed E-state index contributed by atoms with van der Waals surface area (Å²) in [6.45, 7) is 1.73. The van der Waals surface area contributed by atoms with Crippen molar-refractivity contribution in [1.29, 1.82) is 0 Å². The van der Waals surface area contributed by atoms with Crippen molar-refractivity contribution < 1.29 is 14.6 Å². The van der Waals surface area contributed by atoms with Gasteiger partial charge in [0.25, 0.3) is 0 Å². The molecule has 1 heterocycles. The molecule has 15 heavy (non-hydrogen) atoms. The van der Waals surface area contributed by atoms with E-state index in [-0.39, 0.29) is 11.9 Å². The fraction of sp³-hybridized carbons (Fsp3) is 0.600. The van der Waals surface area contributed by atoms with Gasteiger partial charge in [-0.3, -0.25) is 4.79 Å². The Labute approximate surface area is 88.7 Å². The minimum Gasteiger partial charge on any atom is -0.469 e. The maximum absolute atomic E-state index is 11.1. The molecule has 0 amide bonds. The monoisotopic (exact) mass is 212 g/mol. The predicted molar refractivity (Wildman–Crippen MR) is 54.0 cm³/mol. The number of aromatic nitrogens is 2. The lowest BCUT2D eigenvalue weighted by molar-refractivity contribution is -0.145. The van der Waals surface area contributed by atoms with Crippen LogP contribution < -0.4 is 0 Å². The van der Waals surface area contributed by atoms with Crippen molar-refractivity contribution in [3.05, 3.63) is 18.2 Å². The van der Waals surface area contributed by atoms with Gasteiger partial charge >= 0.3 is 5.97 Å². The van der Waals surface area contributed by atoms with Gasteiger partial charge in [0.15, 0.2) is 0 Å². The van der Waals surface area contributed by atoms with Crippen LogP contribution in [0.3, 0.4) is 0 Å². The first-order valence-electron chi connectivity index (χ1n) is 4.78. The Bertz CT molecular complexity index is 335. The molecule has 0 aliphatic rings. The minimum atomic E-state index is -0.688. The van der Waals surface area contributed by atoms with Crippen molar-refractivity contribution >= 4 is 5.97 Å². The van der Waals surface area contributed by atoms with E-state index in [1.807, 2.05) is 0 Å². The number of aliphatic hydroxyl groups excluding tert-OH is 1. The molecule has 1 aromatic heterocycles. The molecule has 2 unspecified atom stereocenters. The normalized spacial score (nSPS) is 14.7. The minimum absolute atomic E-state index is 0.309. The van der Waals surface area contributed by atoms with Crippen LogP contribution in [0.25, 0.3) is 0 Å². The van der Waals surface area contributed by atoms with E-state index in [0.29, 0.717) is 12.1 Å². The first kappa shape index (κ1) is 11.7. The number of carbonyl (C=O) groups is 1. The summed E-state index contributed by atoms with van der Waals surface area (Å²) in [5.74, 6) is -0.629. The number of hydrogen-bond acceptors (Lipinski definition) is 4. The first-order chi connectivity index (χ1) is 7.06. The van der Waals surface area contributed by atoms with E-state index in [4.69, 9.17) is 0 Å². The van der Waals surface area contributed by atoms with Gasteiger partial charge in [-0.25, -0.2) is 4.98 Å². The topological polar surface area (TPSA) is 64.3 Å². The van der Waals surface area contributed by atoms with Gasteiger partial charge in [0.05, 0.1) is 37.3 Å². The molecule has 0 aromatic carbocycles. The molecule has 0 saturated heterocycles. The molecule has 0 fully saturated rings. The number of nitrogens with zero attached hydrogens (tertiary/aromatic N) is 2. The zero-order chi connectivity index (χ0) is 11.4. The van der Waals surface area contributed by atoms with Crippen molar-refractivity contribution in [2.45, 2.75) is 19.4 Å². The van der Waals surface area contributed by atoms with Gasteiger partial charge in [-0.2, -0.15) is 0 Å². The maximum Gasteiger partial charge on any atom is 0.308 e. The highest BCUT2D eigenvalue weighted by Gasteiger charge is 2.20. The second-order valence-electron chi connectivity index (χ2n) is 3.61. The standard InChI is InChI=1S/C10H16N2O3/c1-7(10(14)15-3)4-9(13)8-5-11-6-12(8)2/h5-7,9,13H,4H2,1-3H3. The van der Waals surface area contributed by atoms with Gasteiger partial charge in [0, 0.05) is 7.05 Å². The molecule has 1 rings (SSSR count). The van der Waals surface area contributed by atoms with Crippen LogP contribution >= 0.6 is 0 Å². The van der Waals surface area contributed by atoms with Crippen LogP contribution in [-0.2, 0) is 16.6 Å². The highest BCUT2D eigenvalue weighted by atomic mass is 16.5. The third-order valence-electron chi connectivity index (χ3n) is 2.38. The molecule has 1 N–H and O–H groups in total. The van der Waals surface area contributed by atoms with E-state index >= 15 is 0 Å². The average molecular weight is 212 g/mol. The summed E-state index contributed by atoms with van der Waals surface area (Å²) in [6.07, 6.45) is 2.86. The molecule has 0 spiro atoms. The molecular formula is C10H16N2O3. The Kier molecular flexibility index (Phi) is 3.85. The lowest BCUT2D eigenvalue weighted by atomic mass is 10.0. The van der Waals surface area contributed by atoms with Crippen molar-refractivity contribution in [3.8, 4) is 0 Å². The molecular weight excluding hydrogens is 196 g/mol. The summed E-state index contributed by atoms with van der Waals surface area (Å²) >= 11 is 0. The Morgan fingerprint density at radius 3 is 2.87 bits per heavy atom. The van der Waals surface area contributed by atoms with Crippen LogP contribution in [0.5, 0.6) is 0 Å². The van der Waals surface area contributed by atoms with Gasteiger partial charge in [-0.05, 0) is 6.42 Å². The largest absolute Gasteiger partial charge is 0.469 e. The van der Waals surface area contributed by atoms with Crippen LogP contribution in [0.2, 0.25) is 0 Å². The van der Waals surface area contributed by atoms with Crippen molar-refractivity contribution in [1.82, 2.24) is 9.55 Å². The lowest BCUT2D eigenvalue weighted by Crippen LogP contribution is -2.17. The molecule has 5 nitrogen and oxygen atoms in total. The molecule has 0 aliphatic heterocycles. The van der Waals surface area contributed by atoms with Gasteiger partial charge in [-0.1, -0.05) is 6.92 Å². The number of methoxy groups -OCH3 is 1. The SMILES string of the molecule is COC(=O)C(C)CC(O)c1cncn1C. The molecule has 84 valence electrons. The Morgan fingerprint density at radius 1 is 1.73 bits per heavy atom. The number of hydrogen-bond donors (Lipinski definition) is 1. The molecule has 5 heteroatoms. The summed E-state index contributed by atoms with van der Waals surface area (Å²) in [6, 6.07) is 0. The number of aliphatic hydroxyl groups is 1. The zero-order valence-corrected chi connectivity index (χ0v) is 9.17. The summed E-state index contributed by atoms with van der Waals surface area (Å²) < 4.78 is 6.32. The van der Waals surface area contributed by atoms with E-state index in [1.54, 1.807) is 31.1 Å². The van der Waals surface area contributed by atoms with Gasteiger partial charge in [-0.15, -0.1) is 0 Å². The van der Waals surface area contributed by atoms with Crippen LogP contribution in [0.1, 0.15) is 25.1 Å². The highest BCUT2D eigenvalue weighted by molar-refractivity contribution is 5.71. The molecule has 1 aromatic rings. The van der Waals surface area contributed by atoms with E-state index in [2.05, 4.69) is 9.72 Å². The Morgan fingerprint density at radius 2 is 2.40 bits per heavy atom. The van der Waals surface area contributed by atoms with Crippen molar-refractivity contribution in [3.63, 3.8) is 0 Å². The second kappa shape index (κ2) is 4.93. The molecule has 0 saturated carbocycles. The van der Waals surface area contributed by atoms with Crippen LogP contribution in [-0.4, -0.2) is 27.7 Å². The van der Waals surface area contributed by atoms with Crippen molar-refractivity contribution in [2.24, 2.45) is 13.0 Å². The number of ether oxygens (including phenoxy) is 1. The zero-order valence-electron chi connectivity index (χ0n) is 9.17. The number of aryl methyl sites for hydroxylation is 1. The fourth-order valence-corrected chi connectivity index (χ4v) is 1.44. The van der Waals surface area contributed by atoms with E-state index < -0.39 is 6.10 Å². The third-order valence-corrected chi connectivity index (χ3v) is 2.38. The summed E-state index contributed by atoms with van der Waals surface area (Å²) in [7, 11) is 3.14. The van der Waals surface area contributed by atoms with E-state index in [9.17, 15) is 9.90 Å². The second-order valence-corrected chi connectivity index (χ2v) is 3.61. The van der Waals surface area contributed by atoms with Crippen LogP contribution in [0.4, 0.5) is 0 Å². The van der Waals surface area contributed by atoms with Gasteiger partial charge < -0.3 is 14.4 Å². The molecule has 0 radical (unpaired) electrons. The van der Waals surface area contributed by atoms with Gasteiger partial charge in [0.2, 0.25) is 0 Å². The van der Waals surface area contributed by atoms with E-state index in [1.165, 1.54) is 7.11 Å². The maximum atomic E-state index is 11.1. The molecule has 0 bridgehead atoms. The quantitative estimate of drug-likeness (QED) is 0.744. The average Bonchev–Trinajstić information content (AvgIpc) is 2.63. The number of carbonyl (C=O) groups excluding carboxylic acids is 1. The Hall–Kier alpha value is -1.36. The third kappa shape index (κ3) is 2.79. The fourth-order valence-electron chi connectivity index (χ4n) is 1.44. The summed E-state index contributed by atoms with van der Waals surface area (Å²) in [5.41, 5.74) is 0.700. The predicted octanol–water partition coefficient (Wildman–Crippen LogP) is 0.653. The van der Waals surface area contributed by atoms with Crippen LogP contribution in [0.15, 0.2) is 12.5 Å². The first-order valence-corrected chi connectivity index (χ1v) is 4.78.